The molecule has 0 aromatic heterocycles. The van der Waals surface area contributed by atoms with Crippen molar-refractivity contribution in [2.75, 3.05) is 19.8 Å². The Labute approximate surface area is 159 Å². The molecule has 0 aliphatic carbocycles. The second-order valence-electron chi connectivity index (χ2n) is 6.19. The van der Waals surface area contributed by atoms with Gasteiger partial charge in [-0.1, -0.05) is 41.6 Å². The SMILES string of the molecule is FC(F)(F)c1cccc(OCCO/N=C2/COc3ccc4ccccc4c32)c1. The van der Waals surface area contributed by atoms with Crippen LogP contribution in [0.5, 0.6) is 11.5 Å². The van der Waals surface area contributed by atoms with E-state index in [0.29, 0.717) is 12.3 Å². The summed E-state index contributed by atoms with van der Waals surface area (Å²) < 4.78 is 49.1. The lowest BCUT2D eigenvalue weighted by Crippen LogP contribution is -2.09. The minimum absolute atomic E-state index is 0.0708. The summed E-state index contributed by atoms with van der Waals surface area (Å²) in [7, 11) is 0. The van der Waals surface area contributed by atoms with E-state index in [4.69, 9.17) is 14.3 Å². The van der Waals surface area contributed by atoms with Crippen LogP contribution in [0.1, 0.15) is 11.1 Å². The minimum atomic E-state index is -4.40. The van der Waals surface area contributed by atoms with Crippen LogP contribution in [-0.2, 0) is 11.0 Å². The molecule has 0 unspecified atom stereocenters. The Bertz CT molecular complexity index is 1030. The number of ether oxygens (including phenoxy) is 2. The smallest absolute Gasteiger partial charge is 0.416 e. The van der Waals surface area contributed by atoms with Crippen LogP contribution in [-0.4, -0.2) is 25.5 Å². The first-order chi connectivity index (χ1) is 13.5. The molecule has 0 fully saturated rings. The maximum atomic E-state index is 12.7. The molecule has 3 aromatic rings. The number of benzene rings is 3. The molecule has 0 bridgehead atoms. The molecule has 3 aromatic carbocycles. The molecular formula is C21H16F3NO3. The van der Waals surface area contributed by atoms with Gasteiger partial charge < -0.3 is 14.3 Å². The molecule has 4 nitrogen and oxygen atoms in total. The molecule has 4 rings (SSSR count). The lowest BCUT2D eigenvalue weighted by molar-refractivity contribution is -0.137. The van der Waals surface area contributed by atoms with Crippen molar-refractivity contribution in [2.45, 2.75) is 6.18 Å². The Hall–Kier alpha value is -3.22. The summed E-state index contributed by atoms with van der Waals surface area (Å²) in [6.07, 6.45) is -4.40. The maximum absolute atomic E-state index is 12.7. The van der Waals surface area contributed by atoms with Gasteiger partial charge in [-0.2, -0.15) is 13.2 Å². The van der Waals surface area contributed by atoms with E-state index >= 15 is 0 Å². The molecule has 144 valence electrons. The number of oxime groups is 1. The standard InChI is InChI=1S/C21H16F3NO3/c22-21(23,24)15-5-3-6-16(12-15)26-10-11-28-25-18-13-27-19-9-8-14-4-1-2-7-17(14)20(18)19/h1-9,12H,10-11,13H2/b25-18-. The third-order valence-electron chi connectivity index (χ3n) is 4.32. The summed E-state index contributed by atoms with van der Waals surface area (Å²) in [5, 5.41) is 6.24. The zero-order valence-corrected chi connectivity index (χ0v) is 14.7. The fraction of sp³-hybridized carbons (Fsp3) is 0.190. The van der Waals surface area contributed by atoms with Crippen molar-refractivity contribution in [1.82, 2.24) is 0 Å². The van der Waals surface area contributed by atoms with Crippen molar-refractivity contribution >= 4 is 16.5 Å². The lowest BCUT2D eigenvalue weighted by atomic mass is 10.0. The van der Waals surface area contributed by atoms with Crippen LogP contribution in [0.3, 0.4) is 0 Å². The zero-order valence-electron chi connectivity index (χ0n) is 14.7. The van der Waals surface area contributed by atoms with E-state index in [9.17, 15) is 13.2 Å². The highest BCUT2D eigenvalue weighted by Gasteiger charge is 2.30. The minimum Gasteiger partial charge on any atom is -0.490 e. The Kier molecular flexibility index (Phi) is 4.81. The predicted octanol–water partition coefficient (Wildman–Crippen LogP) is 5.05. The van der Waals surface area contributed by atoms with Crippen LogP contribution in [0.15, 0.2) is 65.8 Å². The van der Waals surface area contributed by atoms with Gasteiger partial charge in [0.05, 0.1) is 11.1 Å². The molecule has 0 N–H and O–H groups in total. The average molecular weight is 387 g/mol. The monoisotopic (exact) mass is 387 g/mol. The Morgan fingerprint density at radius 1 is 0.964 bits per heavy atom. The second-order valence-corrected chi connectivity index (χ2v) is 6.19. The topological polar surface area (TPSA) is 40.0 Å². The highest BCUT2D eigenvalue weighted by Crippen LogP contribution is 2.33. The van der Waals surface area contributed by atoms with Gasteiger partial charge in [0.1, 0.15) is 30.4 Å². The molecular weight excluding hydrogens is 371 g/mol. The first kappa shape index (κ1) is 18.2. The number of alkyl halides is 3. The van der Waals surface area contributed by atoms with E-state index in [1.165, 1.54) is 12.1 Å². The molecule has 7 heteroatoms. The normalized spacial score (nSPS) is 14.8. The van der Waals surface area contributed by atoms with E-state index in [1.54, 1.807) is 0 Å². The second kappa shape index (κ2) is 7.42. The van der Waals surface area contributed by atoms with Crippen molar-refractivity contribution in [1.29, 1.82) is 0 Å². The lowest BCUT2D eigenvalue weighted by Gasteiger charge is -2.10. The van der Waals surface area contributed by atoms with Gasteiger partial charge in [0.25, 0.3) is 0 Å². The van der Waals surface area contributed by atoms with Gasteiger partial charge in [-0.05, 0) is 35.0 Å². The van der Waals surface area contributed by atoms with Gasteiger partial charge in [-0.15, -0.1) is 0 Å². The first-order valence-corrected chi connectivity index (χ1v) is 8.66. The van der Waals surface area contributed by atoms with Crippen LogP contribution < -0.4 is 9.47 Å². The highest BCUT2D eigenvalue weighted by molar-refractivity contribution is 6.15. The van der Waals surface area contributed by atoms with Gasteiger partial charge in [0.2, 0.25) is 0 Å². The number of rotatable bonds is 5. The molecule has 0 saturated heterocycles. The summed E-state index contributed by atoms with van der Waals surface area (Å²) >= 11 is 0. The predicted molar refractivity (Wildman–Crippen MR) is 98.9 cm³/mol. The summed E-state index contributed by atoms with van der Waals surface area (Å²) in [6, 6.07) is 16.5. The van der Waals surface area contributed by atoms with Crippen LogP contribution in [0.2, 0.25) is 0 Å². The van der Waals surface area contributed by atoms with Crippen LogP contribution >= 0.6 is 0 Å². The van der Waals surface area contributed by atoms with Crippen molar-refractivity contribution in [2.24, 2.45) is 5.16 Å². The van der Waals surface area contributed by atoms with Crippen LogP contribution in [0, 0.1) is 0 Å². The summed E-state index contributed by atoms with van der Waals surface area (Å²) in [6.45, 7) is 0.471. The summed E-state index contributed by atoms with van der Waals surface area (Å²) in [4.78, 5) is 5.30. The quantitative estimate of drug-likeness (QED) is 0.454. The molecule has 0 amide bonds. The molecule has 0 saturated carbocycles. The largest absolute Gasteiger partial charge is 0.490 e. The van der Waals surface area contributed by atoms with Crippen molar-refractivity contribution in [3.8, 4) is 11.5 Å². The van der Waals surface area contributed by atoms with E-state index < -0.39 is 11.7 Å². The molecule has 1 aliphatic rings. The van der Waals surface area contributed by atoms with E-state index in [0.717, 1.165) is 34.2 Å². The molecule has 1 heterocycles. The number of halogens is 3. The number of fused-ring (bicyclic) bond motifs is 3. The van der Waals surface area contributed by atoms with E-state index in [1.807, 2.05) is 36.4 Å². The molecule has 0 radical (unpaired) electrons. The third-order valence-corrected chi connectivity index (χ3v) is 4.32. The van der Waals surface area contributed by atoms with Gasteiger partial charge >= 0.3 is 6.18 Å². The van der Waals surface area contributed by atoms with Crippen molar-refractivity contribution < 1.29 is 27.5 Å². The van der Waals surface area contributed by atoms with Crippen LogP contribution in [0.4, 0.5) is 13.2 Å². The van der Waals surface area contributed by atoms with Crippen molar-refractivity contribution in [3.63, 3.8) is 0 Å². The molecule has 0 spiro atoms. The molecule has 0 atom stereocenters. The van der Waals surface area contributed by atoms with Gasteiger partial charge in [-0.25, -0.2) is 0 Å². The molecule has 1 aliphatic heterocycles. The maximum Gasteiger partial charge on any atom is 0.416 e. The third kappa shape index (κ3) is 3.74. The van der Waals surface area contributed by atoms with Gasteiger partial charge in [0.15, 0.2) is 6.61 Å². The summed E-state index contributed by atoms with van der Waals surface area (Å²) in [5.41, 5.74) is 0.820. The Morgan fingerprint density at radius 2 is 1.82 bits per heavy atom. The first-order valence-electron chi connectivity index (χ1n) is 8.66. The van der Waals surface area contributed by atoms with E-state index in [-0.39, 0.29) is 19.0 Å². The van der Waals surface area contributed by atoms with Gasteiger partial charge in [0, 0.05) is 0 Å². The average Bonchev–Trinajstić information content (AvgIpc) is 3.11. The fourth-order valence-corrected chi connectivity index (χ4v) is 3.04. The van der Waals surface area contributed by atoms with Crippen molar-refractivity contribution in [3.05, 3.63) is 71.8 Å². The number of hydrogen-bond donors (Lipinski definition) is 0. The zero-order chi connectivity index (χ0) is 19.6. The number of nitrogens with zero attached hydrogens (tertiary/aromatic N) is 1. The number of hydrogen-bond acceptors (Lipinski definition) is 4. The summed E-state index contributed by atoms with van der Waals surface area (Å²) in [5.74, 6) is 0.882. The molecule has 28 heavy (non-hydrogen) atoms. The Morgan fingerprint density at radius 3 is 2.68 bits per heavy atom. The fourth-order valence-electron chi connectivity index (χ4n) is 3.04. The highest BCUT2D eigenvalue weighted by atomic mass is 19.4. The van der Waals surface area contributed by atoms with Crippen LogP contribution in [0.25, 0.3) is 10.8 Å². The van der Waals surface area contributed by atoms with Gasteiger partial charge in [-0.3, -0.25) is 0 Å². The van der Waals surface area contributed by atoms with E-state index in [2.05, 4.69) is 5.16 Å². The Balaban J connectivity index is 1.38.